The zero-order chi connectivity index (χ0) is 27.2. The van der Waals surface area contributed by atoms with Crippen LogP contribution in [0.4, 0.5) is 11.4 Å². The lowest BCUT2D eigenvalue weighted by Gasteiger charge is -2.39. The fourth-order valence-corrected chi connectivity index (χ4v) is 6.38. The standard InChI is InChI=1S/C30H34N4O3S/c1-6-20-7-11-23(12-8-20)38(36,37)34-28-17-30(4,5)33-26-14-9-21(15-25(26)28)29(35)32-22-10-13-24-18(2)19(3)31-27(24)16-22/h7-16,28,31,33-34H,6,17H2,1-5H3,(H,32,35)/t28-/m0/s1. The molecule has 5 rings (SSSR count). The van der Waals surface area contributed by atoms with Crippen LogP contribution in [0.15, 0.2) is 65.6 Å². The molecule has 0 fully saturated rings. The Balaban J connectivity index is 1.43. The van der Waals surface area contributed by atoms with Crippen molar-refractivity contribution in [2.75, 3.05) is 10.6 Å². The Labute approximate surface area is 224 Å². The van der Waals surface area contributed by atoms with Gasteiger partial charge in [-0.1, -0.05) is 25.1 Å². The molecule has 0 bridgehead atoms. The van der Waals surface area contributed by atoms with Crippen molar-refractivity contribution >= 4 is 38.2 Å². The minimum absolute atomic E-state index is 0.228. The number of hydrogen-bond acceptors (Lipinski definition) is 4. The number of sulfonamides is 1. The van der Waals surface area contributed by atoms with Gasteiger partial charge in [0.05, 0.1) is 10.9 Å². The molecule has 0 radical (unpaired) electrons. The molecule has 1 aliphatic rings. The van der Waals surface area contributed by atoms with Gasteiger partial charge in [-0.15, -0.1) is 0 Å². The minimum atomic E-state index is -3.76. The third-order valence-corrected chi connectivity index (χ3v) is 8.87. The highest BCUT2D eigenvalue weighted by Gasteiger charge is 2.34. The molecule has 8 heteroatoms. The van der Waals surface area contributed by atoms with E-state index in [4.69, 9.17) is 0 Å². The van der Waals surface area contributed by atoms with Crippen LogP contribution in [0.3, 0.4) is 0 Å². The first kappa shape index (κ1) is 26.0. The first-order valence-electron chi connectivity index (χ1n) is 12.9. The molecule has 7 nitrogen and oxygen atoms in total. The third-order valence-electron chi connectivity index (χ3n) is 7.38. The Bertz CT molecular complexity index is 1640. The van der Waals surface area contributed by atoms with E-state index in [1.807, 2.05) is 64.1 Å². The zero-order valence-electron chi connectivity index (χ0n) is 22.4. The van der Waals surface area contributed by atoms with E-state index in [1.165, 1.54) is 5.56 Å². The molecule has 3 aromatic carbocycles. The van der Waals surface area contributed by atoms with Crippen molar-refractivity contribution in [2.24, 2.45) is 0 Å². The van der Waals surface area contributed by atoms with Crippen molar-refractivity contribution in [1.82, 2.24) is 9.71 Å². The molecule has 1 aliphatic heterocycles. The number of carbonyl (C=O) groups excluding carboxylic acids is 1. The second-order valence-electron chi connectivity index (χ2n) is 10.8. The number of aromatic amines is 1. The van der Waals surface area contributed by atoms with E-state index < -0.39 is 16.1 Å². The van der Waals surface area contributed by atoms with Crippen LogP contribution in [-0.4, -0.2) is 24.8 Å². The third kappa shape index (κ3) is 5.06. The Morgan fingerprint density at radius 3 is 2.47 bits per heavy atom. The van der Waals surface area contributed by atoms with Crippen molar-refractivity contribution in [1.29, 1.82) is 0 Å². The van der Waals surface area contributed by atoms with Gasteiger partial charge in [0.25, 0.3) is 5.91 Å². The van der Waals surface area contributed by atoms with Gasteiger partial charge in [-0.05, 0) is 99.7 Å². The van der Waals surface area contributed by atoms with Gasteiger partial charge in [0.2, 0.25) is 10.0 Å². The first-order valence-corrected chi connectivity index (χ1v) is 14.4. The molecule has 198 valence electrons. The highest BCUT2D eigenvalue weighted by Crippen LogP contribution is 2.39. The van der Waals surface area contributed by atoms with Gasteiger partial charge in [0, 0.05) is 39.1 Å². The Morgan fingerprint density at radius 2 is 1.76 bits per heavy atom. The van der Waals surface area contributed by atoms with E-state index in [2.05, 4.69) is 27.3 Å². The molecular weight excluding hydrogens is 496 g/mol. The summed E-state index contributed by atoms with van der Waals surface area (Å²) in [6.45, 7) is 10.2. The maximum atomic E-state index is 13.3. The van der Waals surface area contributed by atoms with Gasteiger partial charge in [-0.2, -0.15) is 0 Å². The van der Waals surface area contributed by atoms with Crippen molar-refractivity contribution in [3.05, 3.63) is 88.6 Å². The summed E-state index contributed by atoms with van der Waals surface area (Å²) in [5.74, 6) is -0.256. The van der Waals surface area contributed by atoms with Gasteiger partial charge in [0.1, 0.15) is 0 Å². The second-order valence-corrected chi connectivity index (χ2v) is 12.5. The smallest absolute Gasteiger partial charge is 0.255 e. The molecule has 4 aromatic rings. The van der Waals surface area contributed by atoms with Gasteiger partial charge < -0.3 is 15.6 Å². The average molecular weight is 531 g/mol. The monoisotopic (exact) mass is 530 g/mol. The lowest BCUT2D eigenvalue weighted by Crippen LogP contribution is -2.43. The summed E-state index contributed by atoms with van der Waals surface area (Å²) in [4.78, 5) is 16.8. The minimum Gasteiger partial charge on any atom is -0.380 e. The maximum Gasteiger partial charge on any atom is 0.255 e. The number of H-pyrrole nitrogens is 1. The van der Waals surface area contributed by atoms with Crippen molar-refractivity contribution in [2.45, 2.75) is 63.9 Å². The summed E-state index contributed by atoms with van der Waals surface area (Å²) in [6, 6.07) is 17.7. The molecule has 0 saturated heterocycles. The predicted molar refractivity (Wildman–Crippen MR) is 153 cm³/mol. The summed E-state index contributed by atoms with van der Waals surface area (Å²) in [6.07, 6.45) is 1.37. The topological polar surface area (TPSA) is 103 Å². The number of benzene rings is 3. The molecule has 0 saturated carbocycles. The van der Waals surface area contributed by atoms with Crippen molar-refractivity contribution < 1.29 is 13.2 Å². The quantitative estimate of drug-likeness (QED) is 0.238. The van der Waals surface area contributed by atoms with Crippen LogP contribution >= 0.6 is 0 Å². The second kappa shape index (κ2) is 9.60. The Kier molecular flexibility index (Phi) is 6.57. The number of anilines is 2. The summed E-state index contributed by atoms with van der Waals surface area (Å²) in [7, 11) is -3.76. The number of fused-ring (bicyclic) bond motifs is 2. The average Bonchev–Trinajstić information content (AvgIpc) is 3.15. The van der Waals surface area contributed by atoms with Crippen LogP contribution in [0, 0.1) is 13.8 Å². The molecule has 0 spiro atoms. The summed E-state index contributed by atoms with van der Waals surface area (Å²) in [5, 5.41) is 7.59. The maximum absolute atomic E-state index is 13.3. The Hall–Kier alpha value is -3.62. The van der Waals surface area contributed by atoms with E-state index in [1.54, 1.807) is 24.3 Å². The predicted octanol–water partition coefficient (Wildman–Crippen LogP) is 6.21. The highest BCUT2D eigenvalue weighted by molar-refractivity contribution is 7.89. The van der Waals surface area contributed by atoms with E-state index in [-0.39, 0.29) is 16.3 Å². The van der Waals surface area contributed by atoms with Gasteiger partial charge in [-0.25, -0.2) is 13.1 Å². The van der Waals surface area contributed by atoms with E-state index in [9.17, 15) is 13.2 Å². The number of hydrogen-bond donors (Lipinski definition) is 4. The van der Waals surface area contributed by atoms with Crippen LogP contribution in [0.2, 0.25) is 0 Å². The number of carbonyl (C=O) groups is 1. The largest absolute Gasteiger partial charge is 0.380 e. The van der Waals surface area contributed by atoms with Crippen LogP contribution in [-0.2, 0) is 16.4 Å². The van der Waals surface area contributed by atoms with E-state index in [0.29, 0.717) is 17.7 Å². The summed E-state index contributed by atoms with van der Waals surface area (Å²) >= 11 is 0. The van der Waals surface area contributed by atoms with E-state index >= 15 is 0 Å². The van der Waals surface area contributed by atoms with Gasteiger partial charge >= 0.3 is 0 Å². The van der Waals surface area contributed by atoms with Crippen molar-refractivity contribution in [3.8, 4) is 0 Å². The number of rotatable bonds is 6. The van der Waals surface area contributed by atoms with Crippen LogP contribution < -0.4 is 15.4 Å². The van der Waals surface area contributed by atoms with E-state index in [0.717, 1.165) is 39.8 Å². The van der Waals surface area contributed by atoms with Gasteiger partial charge in [-0.3, -0.25) is 4.79 Å². The molecule has 38 heavy (non-hydrogen) atoms. The molecule has 1 amide bonds. The lowest BCUT2D eigenvalue weighted by atomic mass is 9.85. The number of nitrogens with one attached hydrogen (secondary N) is 4. The molecule has 0 unspecified atom stereocenters. The van der Waals surface area contributed by atoms with Crippen LogP contribution in [0.5, 0.6) is 0 Å². The summed E-state index contributed by atoms with van der Waals surface area (Å²) < 4.78 is 29.5. The SMILES string of the molecule is CCc1ccc(S(=O)(=O)N[C@H]2CC(C)(C)Nc3ccc(C(=O)Nc4ccc5c(C)c(C)[nH]c5c4)cc32)cc1. The Morgan fingerprint density at radius 1 is 1.03 bits per heavy atom. The normalized spacial score (nSPS) is 16.6. The van der Waals surface area contributed by atoms with Crippen LogP contribution in [0.25, 0.3) is 10.9 Å². The lowest BCUT2D eigenvalue weighted by molar-refractivity contribution is 0.102. The molecule has 0 aliphatic carbocycles. The molecule has 4 N–H and O–H groups in total. The highest BCUT2D eigenvalue weighted by atomic mass is 32.2. The van der Waals surface area contributed by atoms with Gasteiger partial charge in [0.15, 0.2) is 0 Å². The zero-order valence-corrected chi connectivity index (χ0v) is 23.2. The number of aryl methyl sites for hydroxylation is 3. The van der Waals surface area contributed by atoms with Crippen molar-refractivity contribution in [3.63, 3.8) is 0 Å². The molecule has 1 aromatic heterocycles. The fraction of sp³-hybridized carbons (Fsp3) is 0.300. The first-order chi connectivity index (χ1) is 18.0. The number of aromatic nitrogens is 1. The summed E-state index contributed by atoms with van der Waals surface area (Å²) in [5.41, 5.74) is 6.71. The van der Waals surface area contributed by atoms with Crippen LogP contribution in [0.1, 0.15) is 66.0 Å². The molecule has 2 heterocycles. The molecule has 1 atom stereocenters. The number of amides is 1. The fourth-order valence-electron chi connectivity index (χ4n) is 5.16. The molecular formula is C30H34N4O3S.